The first kappa shape index (κ1) is 20.8. The Morgan fingerprint density at radius 3 is 2.52 bits per heavy atom. The number of thioether (sulfide) groups is 1. The lowest BCUT2D eigenvalue weighted by Crippen LogP contribution is -2.28. The number of hydrogen-bond donors (Lipinski definition) is 2. The number of amidine groups is 1. The summed E-state index contributed by atoms with van der Waals surface area (Å²) in [7, 11) is 0. The minimum Gasteiger partial charge on any atom is -0.326 e. The maximum Gasteiger partial charge on any atom is 0.240 e. The van der Waals surface area contributed by atoms with Crippen molar-refractivity contribution in [1.29, 1.82) is 0 Å². The third-order valence-corrected chi connectivity index (χ3v) is 5.27. The van der Waals surface area contributed by atoms with Gasteiger partial charge in [-0.3, -0.25) is 14.4 Å². The molecule has 1 heterocycles. The molecular weight excluding hydrogens is 412 g/mol. The van der Waals surface area contributed by atoms with Crippen molar-refractivity contribution in [1.82, 2.24) is 5.32 Å². The first-order chi connectivity index (χ1) is 13.9. The quantitative estimate of drug-likeness (QED) is 0.418. The molecule has 2 amide bonds. The van der Waals surface area contributed by atoms with Crippen LogP contribution in [0, 0.1) is 0 Å². The van der Waals surface area contributed by atoms with Crippen molar-refractivity contribution in [2.24, 2.45) is 10.2 Å². The van der Waals surface area contributed by atoms with Gasteiger partial charge in [-0.15, -0.1) is 5.10 Å². The van der Waals surface area contributed by atoms with Crippen molar-refractivity contribution in [3.8, 4) is 0 Å². The Morgan fingerprint density at radius 1 is 1.17 bits per heavy atom. The van der Waals surface area contributed by atoms with Gasteiger partial charge < -0.3 is 10.6 Å². The third kappa shape index (κ3) is 6.00. The molecule has 148 valence electrons. The highest BCUT2D eigenvalue weighted by atomic mass is 35.5. The molecule has 1 aliphatic heterocycles. The van der Waals surface area contributed by atoms with Gasteiger partial charge in [-0.2, -0.15) is 5.10 Å². The van der Waals surface area contributed by atoms with Crippen molar-refractivity contribution in [2.45, 2.75) is 18.6 Å². The third-order valence-electron chi connectivity index (χ3n) is 3.95. The predicted molar refractivity (Wildman–Crippen MR) is 116 cm³/mol. The summed E-state index contributed by atoms with van der Waals surface area (Å²) in [6, 6.07) is 13.6. The second-order valence-electron chi connectivity index (χ2n) is 6.18. The van der Waals surface area contributed by atoms with E-state index in [4.69, 9.17) is 11.6 Å². The Hall–Kier alpha value is -2.97. The molecular formula is C20H17ClN4O3S. The summed E-state index contributed by atoms with van der Waals surface area (Å²) in [5, 5.41) is 13.6. The number of carbonyl (C=O) groups is 3. The first-order valence-corrected chi connectivity index (χ1v) is 9.91. The zero-order valence-electron chi connectivity index (χ0n) is 15.4. The molecule has 0 bridgehead atoms. The summed E-state index contributed by atoms with van der Waals surface area (Å²) < 4.78 is 0. The van der Waals surface area contributed by atoms with Crippen molar-refractivity contribution >= 4 is 58.0 Å². The average Bonchev–Trinajstić information content (AvgIpc) is 3.03. The molecule has 3 rings (SSSR count). The fourth-order valence-corrected chi connectivity index (χ4v) is 3.50. The number of benzene rings is 2. The van der Waals surface area contributed by atoms with E-state index in [1.165, 1.54) is 6.92 Å². The molecule has 0 spiro atoms. The maximum absolute atomic E-state index is 12.2. The van der Waals surface area contributed by atoms with Gasteiger partial charge in [0, 0.05) is 22.7 Å². The Bertz CT molecular complexity index is 988. The molecule has 0 aliphatic carbocycles. The molecule has 1 aliphatic rings. The fraction of sp³-hybridized carbons (Fsp3) is 0.150. The van der Waals surface area contributed by atoms with Crippen molar-refractivity contribution in [2.75, 3.05) is 5.32 Å². The van der Waals surface area contributed by atoms with Crippen LogP contribution in [0.2, 0.25) is 5.02 Å². The Morgan fingerprint density at radius 2 is 1.86 bits per heavy atom. The van der Waals surface area contributed by atoms with Crippen LogP contribution in [0.4, 0.5) is 5.69 Å². The minimum atomic E-state index is -0.587. The Kier molecular flexibility index (Phi) is 6.79. The summed E-state index contributed by atoms with van der Waals surface area (Å²) in [6.45, 7) is 1.47. The van der Waals surface area contributed by atoms with E-state index in [0.29, 0.717) is 21.4 Å². The summed E-state index contributed by atoms with van der Waals surface area (Å²) in [4.78, 5) is 35.6. The van der Waals surface area contributed by atoms with Gasteiger partial charge in [0.05, 0.1) is 6.21 Å². The SMILES string of the molecule is CC(=O)c1ccc(NC(=O)CC2S/C(=N/N=Cc3ccc(Cl)cc3)NC2=O)cc1. The molecule has 29 heavy (non-hydrogen) atoms. The number of amides is 2. The molecule has 0 saturated carbocycles. The highest BCUT2D eigenvalue weighted by Crippen LogP contribution is 2.23. The van der Waals surface area contributed by atoms with Crippen molar-refractivity contribution in [3.63, 3.8) is 0 Å². The van der Waals surface area contributed by atoms with Gasteiger partial charge in [0.15, 0.2) is 11.0 Å². The van der Waals surface area contributed by atoms with E-state index < -0.39 is 5.25 Å². The molecule has 1 unspecified atom stereocenters. The summed E-state index contributed by atoms with van der Waals surface area (Å²) >= 11 is 6.97. The van der Waals surface area contributed by atoms with Crippen LogP contribution < -0.4 is 10.6 Å². The first-order valence-electron chi connectivity index (χ1n) is 8.65. The van der Waals surface area contributed by atoms with Gasteiger partial charge in [0.2, 0.25) is 11.8 Å². The van der Waals surface area contributed by atoms with Crippen LogP contribution in [0.3, 0.4) is 0 Å². The zero-order valence-corrected chi connectivity index (χ0v) is 17.0. The number of nitrogens with one attached hydrogen (secondary N) is 2. The number of anilines is 1. The van der Waals surface area contributed by atoms with Gasteiger partial charge >= 0.3 is 0 Å². The van der Waals surface area contributed by atoms with E-state index in [1.807, 2.05) is 0 Å². The number of nitrogens with zero attached hydrogens (tertiary/aromatic N) is 2. The van der Waals surface area contributed by atoms with E-state index in [0.717, 1.165) is 17.3 Å². The number of rotatable bonds is 6. The Labute approximate surface area is 176 Å². The van der Waals surface area contributed by atoms with Crippen molar-refractivity contribution < 1.29 is 14.4 Å². The molecule has 7 nitrogen and oxygen atoms in total. The van der Waals surface area contributed by atoms with Crippen LogP contribution in [0.25, 0.3) is 0 Å². The lowest BCUT2D eigenvalue weighted by molar-refractivity contribution is -0.122. The molecule has 0 radical (unpaired) electrons. The molecule has 2 aromatic rings. The number of carbonyl (C=O) groups excluding carboxylic acids is 3. The van der Waals surface area contributed by atoms with Crippen LogP contribution in [0.15, 0.2) is 58.7 Å². The topological polar surface area (TPSA) is 100.0 Å². The van der Waals surface area contributed by atoms with E-state index in [9.17, 15) is 14.4 Å². The lowest BCUT2D eigenvalue weighted by Gasteiger charge is -2.07. The summed E-state index contributed by atoms with van der Waals surface area (Å²) in [5.74, 6) is -0.649. The number of hydrogen-bond acceptors (Lipinski definition) is 6. The van der Waals surface area contributed by atoms with Crippen LogP contribution >= 0.6 is 23.4 Å². The smallest absolute Gasteiger partial charge is 0.240 e. The van der Waals surface area contributed by atoms with Gasteiger partial charge in [0.25, 0.3) is 0 Å². The monoisotopic (exact) mass is 428 g/mol. The number of Topliss-reactive ketones (excluding diaryl/α,β-unsaturated/α-hetero) is 1. The van der Waals surface area contributed by atoms with Gasteiger partial charge in [0.1, 0.15) is 5.25 Å². The number of ketones is 1. The Balaban J connectivity index is 1.53. The molecule has 0 aromatic heterocycles. The van der Waals surface area contributed by atoms with E-state index >= 15 is 0 Å². The molecule has 2 aromatic carbocycles. The van der Waals surface area contributed by atoms with Crippen LogP contribution in [0.5, 0.6) is 0 Å². The second-order valence-corrected chi connectivity index (χ2v) is 7.81. The van der Waals surface area contributed by atoms with Gasteiger partial charge in [-0.25, -0.2) is 0 Å². The fourth-order valence-electron chi connectivity index (χ4n) is 2.45. The van der Waals surface area contributed by atoms with Crippen LogP contribution in [-0.4, -0.2) is 34.2 Å². The highest BCUT2D eigenvalue weighted by Gasteiger charge is 2.32. The normalized spacial score (nSPS) is 17.5. The maximum atomic E-state index is 12.2. The van der Waals surface area contributed by atoms with Crippen molar-refractivity contribution in [3.05, 3.63) is 64.7 Å². The standard InChI is InChI=1S/C20H17ClN4O3S/c1-12(26)14-4-8-16(9-5-14)23-18(27)10-17-19(28)24-20(29-17)25-22-11-13-2-6-15(21)7-3-13/h2-9,11,17H,10H2,1H3,(H,23,27)(H,24,25,28). The molecule has 9 heteroatoms. The minimum absolute atomic E-state index is 0.00905. The molecule has 1 atom stereocenters. The molecule has 1 saturated heterocycles. The highest BCUT2D eigenvalue weighted by molar-refractivity contribution is 8.15. The lowest BCUT2D eigenvalue weighted by atomic mass is 10.1. The largest absolute Gasteiger partial charge is 0.326 e. The van der Waals surface area contributed by atoms with E-state index in [1.54, 1.807) is 54.7 Å². The predicted octanol–water partition coefficient (Wildman–Crippen LogP) is 3.49. The summed E-state index contributed by atoms with van der Waals surface area (Å²) in [6.07, 6.45) is 1.53. The molecule has 1 fully saturated rings. The average molecular weight is 429 g/mol. The van der Waals surface area contributed by atoms with Crippen LogP contribution in [-0.2, 0) is 9.59 Å². The van der Waals surface area contributed by atoms with E-state index in [-0.39, 0.29) is 24.0 Å². The molecule has 2 N–H and O–H groups in total. The van der Waals surface area contributed by atoms with Gasteiger partial charge in [-0.1, -0.05) is 35.5 Å². The second kappa shape index (κ2) is 9.49. The van der Waals surface area contributed by atoms with Crippen LogP contribution in [0.1, 0.15) is 29.3 Å². The zero-order chi connectivity index (χ0) is 20.8. The van der Waals surface area contributed by atoms with Gasteiger partial charge in [-0.05, 0) is 48.9 Å². The number of halogens is 1. The summed E-state index contributed by atoms with van der Waals surface area (Å²) in [5.41, 5.74) is 1.94. The van der Waals surface area contributed by atoms with E-state index in [2.05, 4.69) is 20.8 Å².